The molecule has 0 spiro atoms. The molecule has 1 aromatic rings. The van der Waals surface area contributed by atoms with Crippen molar-refractivity contribution in [2.45, 2.75) is 52.5 Å². The molecule has 2 rings (SSSR count). The fourth-order valence-corrected chi connectivity index (χ4v) is 2.45. The maximum Gasteiger partial charge on any atom is 0.347 e. The van der Waals surface area contributed by atoms with Crippen LogP contribution in [-0.2, 0) is 17.8 Å². The molecule has 1 heterocycles. The molecule has 0 unspecified atom stereocenters. The molecule has 5 heteroatoms. The predicted octanol–water partition coefficient (Wildman–Crippen LogP) is 1.68. The van der Waals surface area contributed by atoms with E-state index in [0.29, 0.717) is 17.8 Å². The normalized spacial score (nSPS) is 14.6. The van der Waals surface area contributed by atoms with Crippen molar-refractivity contribution in [3.63, 3.8) is 0 Å². The zero-order valence-electron chi connectivity index (χ0n) is 11.5. The number of aromatic nitrogens is 2. The van der Waals surface area contributed by atoms with E-state index >= 15 is 0 Å². The number of hydrogen-bond acceptors (Lipinski definition) is 3. The number of nitrogens with zero attached hydrogens (tertiary/aromatic N) is 2. The van der Waals surface area contributed by atoms with E-state index in [-0.39, 0.29) is 12.1 Å². The SMILES string of the molecule is Cc1nc(=O)n(CCCC2CC2)c(C)c1CC(=O)O. The third-order valence-electron chi connectivity index (χ3n) is 3.79. The van der Waals surface area contributed by atoms with E-state index in [2.05, 4.69) is 4.98 Å². The maximum atomic E-state index is 11.9. The highest BCUT2D eigenvalue weighted by atomic mass is 16.4. The minimum Gasteiger partial charge on any atom is -0.481 e. The van der Waals surface area contributed by atoms with E-state index in [9.17, 15) is 9.59 Å². The first-order valence-electron chi connectivity index (χ1n) is 6.77. The number of carboxylic acid groups (broad SMARTS) is 1. The lowest BCUT2D eigenvalue weighted by Gasteiger charge is -2.14. The van der Waals surface area contributed by atoms with E-state index in [4.69, 9.17) is 5.11 Å². The van der Waals surface area contributed by atoms with Gasteiger partial charge in [0.1, 0.15) is 0 Å². The van der Waals surface area contributed by atoms with Gasteiger partial charge in [-0.1, -0.05) is 12.8 Å². The Morgan fingerprint density at radius 2 is 2.11 bits per heavy atom. The van der Waals surface area contributed by atoms with E-state index in [0.717, 1.165) is 24.5 Å². The minimum absolute atomic E-state index is 0.0758. The van der Waals surface area contributed by atoms with Crippen molar-refractivity contribution in [2.75, 3.05) is 0 Å². The van der Waals surface area contributed by atoms with Crippen LogP contribution < -0.4 is 5.69 Å². The summed E-state index contributed by atoms with van der Waals surface area (Å²) in [5.41, 5.74) is 1.68. The van der Waals surface area contributed by atoms with Crippen molar-refractivity contribution in [3.8, 4) is 0 Å². The van der Waals surface area contributed by atoms with Crippen LogP contribution in [0, 0.1) is 19.8 Å². The van der Waals surface area contributed by atoms with Gasteiger partial charge >= 0.3 is 11.7 Å². The molecule has 1 fully saturated rings. The lowest BCUT2D eigenvalue weighted by atomic mass is 10.1. The summed E-state index contributed by atoms with van der Waals surface area (Å²) >= 11 is 0. The fourth-order valence-electron chi connectivity index (χ4n) is 2.45. The summed E-state index contributed by atoms with van der Waals surface area (Å²) in [6, 6.07) is 0. The first-order valence-corrected chi connectivity index (χ1v) is 6.77. The number of carboxylic acids is 1. The number of rotatable bonds is 6. The van der Waals surface area contributed by atoms with E-state index in [1.54, 1.807) is 11.5 Å². The van der Waals surface area contributed by atoms with Crippen molar-refractivity contribution in [1.82, 2.24) is 9.55 Å². The molecule has 1 aliphatic rings. The van der Waals surface area contributed by atoms with Gasteiger partial charge in [-0.25, -0.2) is 4.79 Å². The van der Waals surface area contributed by atoms with Crippen LogP contribution in [0.25, 0.3) is 0 Å². The van der Waals surface area contributed by atoms with Gasteiger partial charge in [0.05, 0.1) is 6.42 Å². The second kappa shape index (κ2) is 5.55. The van der Waals surface area contributed by atoms with Gasteiger partial charge in [0, 0.05) is 23.5 Å². The molecule has 1 aliphatic carbocycles. The highest BCUT2D eigenvalue weighted by Crippen LogP contribution is 2.33. The molecule has 0 atom stereocenters. The molecule has 5 nitrogen and oxygen atoms in total. The third kappa shape index (κ3) is 3.43. The summed E-state index contributed by atoms with van der Waals surface area (Å²) in [6.07, 6.45) is 4.65. The Labute approximate surface area is 112 Å². The molecule has 104 valence electrons. The van der Waals surface area contributed by atoms with Crippen LogP contribution in [0.15, 0.2) is 4.79 Å². The Balaban J connectivity index is 2.19. The molecule has 1 N–H and O–H groups in total. The number of aryl methyl sites for hydroxylation is 1. The lowest BCUT2D eigenvalue weighted by molar-refractivity contribution is -0.136. The van der Waals surface area contributed by atoms with E-state index < -0.39 is 5.97 Å². The number of hydrogen-bond donors (Lipinski definition) is 1. The van der Waals surface area contributed by atoms with Gasteiger partial charge in [-0.05, 0) is 32.6 Å². The van der Waals surface area contributed by atoms with E-state index in [1.807, 2.05) is 6.92 Å². The van der Waals surface area contributed by atoms with Gasteiger partial charge in [0.15, 0.2) is 0 Å². The van der Waals surface area contributed by atoms with Crippen LogP contribution in [0.4, 0.5) is 0 Å². The summed E-state index contributed by atoms with van der Waals surface area (Å²) in [4.78, 5) is 26.7. The largest absolute Gasteiger partial charge is 0.481 e. The van der Waals surface area contributed by atoms with Crippen molar-refractivity contribution in [2.24, 2.45) is 5.92 Å². The first-order chi connectivity index (χ1) is 8.99. The monoisotopic (exact) mass is 264 g/mol. The highest BCUT2D eigenvalue weighted by Gasteiger charge is 2.21. The molecule has 19 heavy (non-hydrogen) atoms. The molecule has 0 aliphatic heterocycles. The second-order valence-corrected chi connectivity index (χ2v) is 5.35. The molecule has 1 aromatic heterocycles. The first kappa shape index (κ1) is 13.8. The van der Waals surface area contributed by atoms with Crippen molar-refractivity contribution < 1.29 is 9.90 Å². The summed E-state index contributed by atoms with van der Waals surface area (Å²) in [5.74, 6) is -0.0518. The van der Waals surface area contributed by atoms with Crippen molar-refractivity contribution in [3.05, 3.63) is 27.4 Å². The van der Waals surface area contributed by atoms with Crippen LogP contribution in [0.2, 0.25) is 0 Å². The Morgan fingerprint density at radius 1 is 1.42 bits per heavy atom. The quantitative estimate of drug-likeness (QED) is 0.848. The summed E-state index contributed by atoms with van der Waals surface area (Å²) < 4.78 is 1.62. The highest BCUT2D eigenvalue weighted by molar-refractivity contribution is 5.70. The number of aliphatic carboxylic acids is 1. The molecule has 0 saturated heterocycles. The van der Waals surface area contributed by atoms with Crippen molar-refractivity contribution in [1.29, 1.82) is 0 Å². The third-order valence-corrected chi connectivity index (χ3v) is 3.79. The molecule has 0 bridgehead atoms. The van der Waals surface area contributed by atoms with Gasteiger partial charge in [0.25, 0.3) is 0 Å². The molecular weight excluding hydrogens is 244 g/mol. The maximum absolute atomic E-state index is 11.9. The van der Waals surface area contributed by atoms with Crippen LogP contribution in [0.1, 0.15) is 42.6 Å². The van der Waals surface area contributed by atoms with Gasteiger partial charge in [0.2, 0.25) is 0 Å². The minimum atomic E-state index is -0.892. The van der Waals surface area contributed by atoms with Crippen LogP contribution in [0.5, 0.6) is 0 Å². The Hall–Kier alpha value is -1.65. The van der Waals surface area contributed by atoms with Crippen LogP contribution in [0.3, 0.4) is 0 Å². The smallest absolute Gasteiger partial charge is 0.347 e. The van der Waals surface area contributed by atoms with Gasteiger partial charge in [-0.2, -0.15) is 4.98 Å². The van der Waals surface area contributed by atoms with Crippen molar-refractivity contribution >= 4 is 5.97 Å². The number of carbonyl (C=O) groups is 1. The van der Waals surface area contributed by atoms with Crippen LogP contribution in [-0.4, -0.2) is 20.6 Å². The molecule has 0 radical (unpaired) electrons. The summed E-state index contributed by atoms with van der Waals surface area (Å²) in [7, 11) is 0. The standard InChI is InChI=1S/C14H20N2O3/c1-9-12(8-13(17)18)10(2)16(14(19)15-9)7-3-4-11-5-6-11/h11H,3-8H2,1-2H3,(H,17,18). The Kier molecular flexibility index (Phi) is 4.02. The average Bonchev–Trinajstić information content (AvgIpc) is 3.12. The average molecular weight is 264 g/mol. The topological polar surface area (TPSA) is 72.2 Å². The molecule has 1 saturated carbocycles. The fraction of sp³-hybridized carbons (Fsp3) is 0.643. The van der Waals surface area contributed by atoms with Gasteiger partial charge in [-0.3, -0.25) is 9.36 Å². The Bertz CT molecular complexity index is 544. The summed E-state index contributed by atoms with van der Waals surface area (Å²) in [6.45, 7) is 4.15. The zero-order chi connectivity index (χ0) is 14.0. The zero-order valence-corrected chi connectivity index (χ0v) is 11.5. The molecule has 0 amide bonds. The van der Waals surface area contributed by atoms with E-state index in [1.165, 1.54) is 12.8 Å². The summed E-state index contributed by atoms with van der Waals surface area (Å²) in [5, 5.41) is 8.92. The predicted molar refractivity (Wildman–Crippen MR) is 71.3 cm³/mol. The molecule has 0 aromatic carbocycles. The second-order valence-electron chi connectivity index (χ2n) is 5.35. The lowest BCUT2D eigenvalue weighted by Crippen LogP contribution is -2.28. The molecular formula is C14H20N2O3. The van der Waals surface area contributed by atoms with Gasteiger partial charge < -0.3 is 5.11 Å². The van der Waals surface area contributed by atoms with Gasteiger partial charge in [-0.15, -0.1) is 0 Å². The Morgan fingerprint density at radius 3 is 2.68 bits per heavy atom. The van der Waals surface area contributed by atoms with Crippen LogP contribution >= 0.6 is 0 Å².